The molecule has 2 unspecified atom stereocenters. The van der Waals surface area contributed by atoms with E-state index < -0.39 is 29.7 Å². The van der Waals surface area contributed by atoms with Crippen molar-refractivity contribution in [2.75, 3.05) is 6.54 Å². The summed E-state index contributed by atoms with van der Waals surface area (Å²) in [5, 5.41) is 21.7. The van der Waals surface area contributed by atoms with E-state index in [4.69, 9.17) is 5.11 Å². The summed E-state index contributed by atoms with van der Waals surface area (Å²) in [7, 11) is 0. The van der Waals surface area contributed by atoms with Crippen LogP contribution in [0.1, 0.15) is 31.9 Å². The van der Waals surface area contributed by atoms with Crippen LogP contribution in [0.15, 0.2) is 18.2 Å². The highest BCUT2D eigenvalue weighted by Gasteiger charge is 2.26. The van der Waals surface area contributed by atoms with Crippen LogP contribution in [0, 0.1) is 17.6 Å². The summed E-state index contributed by atoms with van der Waals surface area (Å²) >= 11 is 0. The van der Waals surface area contributed by atoms with Crippen LogP contribution < -0.4 is 5.32 Å². The molecule has 0 aliphatic rings. The Morgan fingerprint density at radius 3 is 2.55 bits per heavy atom. The van der Waals surface area contributed by atoms with Crippen molar-refractivity contribution < 1.29 is 23.8 Å². The highest BCUT2D eigenvalue weighted by atomic mass is 19.1. The summed E-state index contributed by atoms with van der Waals surface area (Å²) in [6, 6.07) is 2.33. The first-order chi connectivity index (χ1) is 9.32. The van der Waals surface area contributed by atoms with Crippen molar-refractivity contribution in [1.29, 1.82) is 0 Å². The van der Waals surface area contributed by atoms with Crippen molar-refractivity contribution in [1.82, 2.24) is 5.32 Å². The molecule has 6 heteroatoms. The van der Waals surface area contributed by atoms with E-state index in [1.165, 1.54) is 0 Å². The minimum Gasteiger partial charge on any atom is -0.481 e. The summed E-state index contributed by atoms with van der Waals surface area (Å²) in [5.74, 6) is -2.37. The lowest BCUT2D eigenvalue weighted by molar-refractivity contribution is -0.137. The number of aliphatic carboxylic acids is 1. The average Bonchev–Trinajstić information content (AvgIpc) is 2.36. The van der Waals surface area contributed by atoms with Gasteiger partial charge in [0.05, 0.1) is 12.5 Å². The maximum Gasteiger partial charge on any atom is 0.304 e. The molecule has 0 spiro atoms. The second kappa shape index (κ2) is 7.31. The summed E-state index contributed by atoms with van der Waals surface area (Å²) < 4.78 is 26.8. The van der Waals surface area contributed by atoms with Crippen molar-refractivity contribution >= 4 is 5.97 Å². The van der Waals surface area contributed by atoms with Crippen LogP contribution in [0.25, 0.3) is 0 Å². The number of benzene rings is 1. The van der Waals surface area contributed by atoms with Gasteiger partial charge in [0.1, 0.15) is 11.6 Å². The van der Waals surface area contributed by atoms with Crippen molar-refractivity contribution in [2.45, 2.75) is 32.4 Å². The first-order valence-corrected chi connectivity index (χ1v) is 6.41. The van der Waals surface area contributed by atoms with E-state index in [2.05, 4.69) is 5.32 Å². The van der Waals surface area contributed by atoms with E-state index in [-0.39, 0.29) is 24.4 Å². The van der Waals surface area contributed by atoms with Crippen LogP contribution >= 0.6 is 0 Å². The number of carboxylic acids is 1. The lowest BCUT2D eigenvalue weighted by Gasteiger charge is -2.28. The molecule has 0 aliphatic carbocycles. The summed E-state index contributed by atoms with van der Waals surface area (Å²) in [4.78, 5) is 10.5. The van der Waals surface area contributed by atoms with Gasteiger partial charge >= 0.3 is 5.97 Å². The van der Waals surface area contributed by atoms with E-state index in [1.807, 2.05) is 0 Å². The van der Waals surface area contributed by atoms with E-state index in [9.17, 15) is 18.7 Å². The minimum absolute atomic E-state index is 0.0820. The van der Waals surface area contributed by atoms with Gasteiger partial charge in [0.25, 0.3) is 0 Å². The zero-order chi connectivity index (χ0) is 15.3. The molecule has 0 aromatic heterocycles. The van der Waals surface area contributed by atoms with Crippen LogP contribution in [-0.4, -0.2) is 28.8 Å². The molecule has 0 heterocycles. The number of hydrogen-bond donors (Lipinski definition) is 3. The molecule has 0 radical (unpaired) electrons. The molecule has 20 heavy (non-hydrogen) atoms. The van der Waals surface area contributed by atoms with Crippen LogP contribution in [0.2, 0.25) is 0 Å². The van der Waals surface area contributed by atoms with Crippen LogP contribution in [0.5, 0.6) is 0 Å². The molecule has 1 rings (SSSR count). The monoisotopic (exact) mass is 287 g/mol. The number of aliphatic hydroxyl groups is 1. The summed E-state index contributed by atoms with van der Waals surface area (Å²) in [6.45, 7) is 3.75. The van der Waals surface area contributed by atoms with Crippen LogP contribution in [0.4, 0.5) is 8.78 Å². The van der Waals surface area contributed by atoms with Gasteiger partial charge in [-0.15, -0.1) is 0 Å². The third kappa shape index (κ3) is 4.54. The number of carboxylic acid groups (broad SMARTS) is 1. The van der Waals surface area contributed by atoms with E-state index in [0.29, 0.717) is 0 Å². The topological polar surface area (TPSA) is 69.6 Å². The highest BCUT2D eigenvalue weighted by molar-refractivity contribution is 5.66. The Labute approximate surface area is 116 Å². The predicted molar refractivity (Wildman–Crippen MR) is 70.2 cm³/mol. The lowest BCUT2D eigenvalue weighted by Crippen LogP contribution is -2.40. The summed E-state index contributed by atoms with van der Waals surface area (Å²) in [6.07, 6.45) is -1.36. The highest BCUT2D eigenvalue weighted by Crippen LogP contribution is 2.25. The van der Waals surface area contributed by atoms with Crippen LogP contribution in [0.3, 0.4) is 0 Å². The van der Waals surface area contributed by atoms with Gasteiger partial charge in [-0.1, -0.05) is 13.8 Å². The maximum atomic E-state index is 13.6. The Kier molecular flexibility index (Phi) is 6.04. The van der Waals surface area contributed by atoms with Gasteiger partial charge in [-0.3, -0.25) is 4.79 Å². The van der Waals surface area contributed by atoms with Crippen LogP contribution in [-0.2, 0) is 4.79 Å². The molecule has 0 amide bonds. The molecule has 0 saturated heterocycles. The zero-order valence-electron chi connectivity index (χ0n) is 11.4. The number of carbonyl (C=O) groups is 1. The molecule has 3 N–H and O–H groups in total. The van der Waals surface area contributed by atoms with Crippen molar-refractivity contribution in [2.24, 2.45) is 5.92 Å². The molecule has 0 fully saturated rings. The van der Waals surface area contributed by atoms with Gasteiger partial charge in [0.2, 0.25) is 0 Å². The second-order valence-electron chi connectivity index (χ2n) is 4.98. The Morgan fingerprint density at radius 1 is 1.35 bits per heavy atom. The Bertz CT molecular complexity index is 466. The van der Waals surface area contributed by atoms with Crippen molar-refractivity contribution in [3.05, 3.63) is 35.4 Å². The normalized spacial score (nSPS) is 14.3. The van der Waals surface area contributed by atoms with Gasteiger partial charge in [-0.2, -0.15) is 0 Å². The SMILES string of the molecule is CC(C)C(NCCC(=O)O)C(O)c1cc(F)ccc1F. The molecular weight excluding hydrogens is 268 g/mol. The van der Waals surface area contributed by atoms with Gasteiger partial charge in [-0.25, -0.2) is 8.78 Å². The van der Waals surface area contributed by atoms with Gasteiger partial charge < -0.3 is 15.5 Å². The summed E-state index contributed by atoms with van der Waals surface area (Å²) in [5.41, 5.74) is -0.133. The second-order valence-corrected chi connectivity index (χ2v) is 4.98. The van der Waals surface area contributed by atoms with Gasteiger partial charge in [-0.05, 0) is 24.1 Å². The molecule has 2 atom stereocenters. The molecule has 112 valence electrons. The molecule has 0 aliphatic heterocycles. The Hall–Kier alpha value is -1.53. The molecule has 1 aromatic rings. The number of nitrogens with one attached hydrogen (secondary N) is 1. The lowest BCUT2D eigenvalue weighted by atomic mass is 9.93. The molecule has 4 nitrogen and oxygen atoms in total. The fourth-order valence-corrected chi connectivity index (χ4v) is 1.99. The Balaban J connectivity index is 2.85. The van der Waals surface area contributed by atoms with Crippen molar-refractivity contribution in [3.63, 3.8) is 0 Å². The molecule has 0 saturated carbocycles. The average molecular weight is 287 g/mol. The number of aliphatic hydroxyl groups excluding tert-OH is 1. The third-order valence-electron chi connectivity index (χ3n) is 3.05. The number of hydrogen-bond acceptors (Lipinski definition) is 3. The largest absolute Gasteiger partial charge is 0.481 e. The standard InChI is InChI=1S/C14H19F2NO3/c1-8(2)13(17-6-5-12(18)19)14(20)10-7-9(15)3-4-11(10)16/h3-4,7-8,13-14,17,20H,5-6H2,1-2H3,(H,18,19). The maximum absolute atomic E-state index is 13.6. The Morgan fingerprint density at radius 2 is 2.00 bits per heavy atom. The predicted octanol–water partition coefficient (Wildman–Crippen LogP) is 2.09. The van der Waals surface area contributed by atoms with E-state index in [0.717, 1.165) is 18.2 Å². The van der Waals surface area contributed by atoms with Gasteiger partial charge in [0.15, 0.2) is 0 Å². The minimum atomic E-state index is -1.25. The number of rotatable bonds is 7. The first-order valence-electron chi connectivity index (χ1n) is 6.41. The fraction of sp³-hybridized carbons (Fsp3) is 0.500. The zero-order valence-corrected chi connectivity index (χ0v) is 11.4. The molecular formula is C14H19F2NO3. The quantitative estimate of drug-likeness (QED) is 0.718. The van der Waals surface area contributed by atoms with E-state index in [1.54, 1.807) is 13.8 Å². The first kappa shape index (κ1) is 16.5. The molecule has 0 bridgehead atoms. The third-order valence-corrected chi connectivity index (χ3v) is 3.05. The van der Waals surface area contributed by atoms with Crippen molar-refractivity contribution in [3.8, 4) is 0 Å². The van der Waals surface area contributed by atoms with Gasteiger partial charge in [0, 0.05) is 18.2 Å². The van der Waals surface area contributed by atoms with E-state index >= 15 is 0 Å². The fourth-order valence-electron chi connectivity index (χ4n) is 1.99. The smallest absolute Gasteiger partial charge is 0.304 e. The molecule has 1 aromatic carbocycles. The number of halogens is 2.